The Morgan fingerprint density at radius 2 is 2.25 bits per heavy atom. The summed E-state index contributed by atoms with van der Waals surface area (Å²) in [5.41, 5.74) is 0. The maximum Gasteiger partial charge on any atom is 0.106 e. The van der Waals surface area contributed by atoms with Gasteiger partial charge >= 0.3 is 0 Å². The van der Waals surface area contributed by atoms with E-state index in [4.69, 9.17) is 14.7 Å². The highest BCUT2D eigenvalue weighted by Gasteiger charge is 2.46. The van der Waals surface area contributed by atoms with Gasteiger partial charge in [-0.25, -0.2) is 0 Å². The van der Waals surface area contributed by atoms with Gasteiger partial charge in [0.1, 0.15) is 18.1 Å². The highest BCUT2D eigenvalue weighted by atomic mass is 16.6. The summed E-state index contributed by atoms with van der Waals surface area (Å²) in [6.45, 7) is 2.58. The van der Waals surface area contributed by atoms with Crippen molar-refractivity contribution < 1.29 is 9.47 Å². The second-order valence-electron chi connectivity index (χ2n) is 3.03. The molecule has 0 aromatic rings. The molecule has 2 bridgehead atoms. The lowest BCUT2D eigenvalue weighted by atomic mass is 9.93. The predicted octanol–water partition coefficient (Wildman–Crippen LogP) is 0.868. The molecule has 0 aromatic carbocycles. The van der Waals surface area contributed by atoms with Crippen LogP contribution in [0.3, 0.4) is 0 Å². The third kappa shape index (κ3) is 0.961. The summed E-state index contributed by atoms with van der Waals surface area (Å²) in [5, 5.41) is 8.84. The number of hydrogen-bond donors (Lipinski definition) is 0. The minimum Gasteiger partial charge on any atom is -0.374 e. The van der Waals surface area contributed by atoms with E-state index in [2.05, 4.69) is 6.07 Å². The molecular formula is C9H11NO2. The van der Waals surface area contributed by atoms with E-state index >= 15 is 0 Å². The largest absolute Gasteiger partial charge is 0.374 e. The molecule has 1 fully saturated rings. The number of nitriles is 1. The summed E-state index contributed by atoms with van der Waals surface area (Å²) in [6, 6.07) is 2.23. The predicted molar refractivity (Wildman–Crippen MR) is 42.3 cm³/mol. The van der Waals surface area contributed by atoms with Crippen LogP contribution < -0.4 is 0 Å². The minimum atomic E-state index is -0.111. The molecule has 0 N–H and O–H groups in total. The first-order valence-corrected chi connectivity index (χ1v) is 4.22. The summed E-state index contributed by atoms with van der Waals surface area (Å²) in [7, 11) is 0. The summed E-state index contributed by atoms with van der Waals surface area (Å²) >= 11 is 0. The van der Waals surface area contributed by atoms with E-state index in [0.717, 1.165) is 0 Å². The molecule has 64 valence electrons. The fourth-order valence-corrected chi connectivity index (χ4v) is 1.81. The van der Waals surface area contributed by atoms with Crippen LogP contribution in [0.25, 0.3) is 0 Å². The van der Waals surface area contributed by atoms with Crippen LogP contribution in [0, 0.1) is 17.2 Å². The third-order valence-electron chi connectivity index (χ3n) is 2.34. The summed E-state index contributed by atoms with van der Waals surface area (Å²) in [5.74, 6) is -0.111. The fourth-order valence-electron chi connectivity index (χ4n) is 1.81. The lowest BCUT2D eigenvalue weighted by Gasteiger charge is -2.18. The number of fused-ring (bicyclic) bond motifs is 2. The highest BCUT2D eigenvalue weighted by molar-refractivity contribution is 5.20. The van der Waals surface area contributed by atoms with E-state index < -0.39 is 0 Å². The zero-order valence-electron chi connectivity index (χ0n) is 6.93. The van der Waals surface area contributed by atoms with Crippen LogP contribution in [0.2, 0.25) is 0 Å². The normalized spacial score (nSPS) is 43.3. The Balaban J connectivity index is 2.13. The van der Waals surface area contributed by atoms with E-state index in [0.29, 0.717) is 6.61 Å². The SMILES string of the molecule is CCOC1C2C=CC(O2)C1C#N. The molecule has 3 nitrogen and oxygen atoms in total. The second-order valence-corrected chi connectivity index (χ2v) is 3.03. The minimum absolute atomic E-state index is 0.0135. The van der Waals surface area contributed by atoms with Crippen LogP contribution in [-0.4, -0.2) is 24.9 Å². The van der Waals surface area contributed by atoms with Gasteiger partial charge in [-0.3, -0.25) is 0 Å². The van der Waals surface area contributed by atoms with Crippen molar-refractivity contribution in [2.75, 3.05) is 6.61 Å². The third-order valence-corrected chi connectivity index (χ3v) is 2.34. The molecule has 0 aliphatic carbocycles. The standard InChI is InChI=1S/C9H11NO2/c1-2-11-9-6(5-10)7-3-4-8(9)12-7/h3-4,6-9H,2H2,1H3. The Bertz CT molecular complexity index is 243. The Labute approximate surface area is 71.6 Å². The van der Waals surface area contributed by atoms with Crippen molar-refractivity contribution in [3.8, 4) is 6.07 Å². The van der Waals surface area contributed by atoms with Gasteiger partial charge in [0.2, 0.25) is 0 Å². The Kier molecular flexibility index (Phi) is 1.87. The second kappa shape index (κ2) is 2.89. The summed E-state index contributed by atoms with van der Waals surface area (Å²) < 4.78 is 10.9. The molecule has 3 heteroatoms. The van der Waals surface area contributed by atoms with Crippen molar-refractivity contribution in [3.05, 3.63) is 12.2 Å². The average molecular weight is 165 g/mol. The van der Waals surface area contributed by atoms with E-state index in [1.54, 1.807) is 0 Å². The molecule has 2 aliphatic rings. The topological polar surface area (TPSA) is 42.2 Å². The van der Waals surface area contributed by atoms with Gasteiger partial charge in [-0.15, -0.1) is 0 Å². The van der Waals surface area contributed by atoms with Gasteiger partial charge in [-0.2, -0.15) is 5.26 Å². The molecule has 2 rings (SSSR count). The van der Waals surface area contributed by atoms with Crippen molar-refractivity contribution in [1.29, 1.82) is 5.26 Å². The molecule has 0 aromatic heterocycles. The lowest BCUT2D eigenvalue weighted by Crippen LogP contribution is -2.31. The maximum absolute atomic E-state index is 8.84. The zero-order chi connectivity index (χ0) is 8.55. The van der Waals surface area contributed by atoms with Crippen LogP contribution >= 0.6 is 0 Å². The highest BCUT2D eigenvalue weighted by Crippen LogP contribution is 2.35. The smallest absolute Gasteiger partial charge is 0.106 e. The monoisotopic (exact) mass is 165 g/mol. The molecule has 0 amide bonds. The van der Waals surface area contributed by atoms with Gasteiger partial charge in [-0.05, 0) is 6.92 Å². The molecule has 2 aliphatic heterocycles. The van der Waals surface area contributed by atoms with E-state index in [1.165, 1.54) is 0 Å². The van der Waals surface area contributed by atoms with Crippen molar-refractivity contribution in [2.45, 2.75) is 25.2 Å². The van der Waals surface area contributed by atoms with Crippen LogP contribution in [-0.2, 0) is 9.47 Å². The van der Waals surface area contributed by atoms with Gasteiger partial charge in [0.15, 0.2) is 0 Å². The van der Waals surface area contributed by atoms with Crippen molar-refractivity contribution >= 4 is 0 Å². The molecule has 12 heavy (non-hydrogen) atoms. The molecular weight excluding hydrogens is 154 g/mol. The maximum atomic E-state index is 8.84. The fraction of sp³-hybridized carbons (Fsp3) is 0.667. The number of hydrogen-bond acceptors (Lipinski definition) is 3. The first-order valence-electron chi connectivity index (χ1n) is 4.22. The van der Waals surface area contributed by atoms with Crippen molar-refractivity contribution in [2.24, 2.45) is 5.92 Å². The van der Waals surface area contributed by atoms with Crippen LogP contribution in [0.4, 0.5) is 0 Å². The van der Waals surface area contributed by atoms with E-state index in [-0.39, 0.29) is 24.2 Å². The zero-order valence-corrected chi connectivity index (χ0v) is 6.93. The van der Waals surface area contributed by atoms with Gasteiger partial charge in [0, 0.05) is 6.61 Å². The molecule has 2 heterocycles. The molecule has 0 radical (unpaired) electrons. The Morgan fingerprint density at radius 1 is 1.50 bits per heavy atom. The Morgan fingerprint density at radius 3 is 2.92 bits per heavy atom. The van der Waals surface area contributed by atoms with E-state index in [9.17, 15) is 0 Å². The molecule has 4 unspecified atom stereocenters. The number of nitrogens with zero attached hydrogens (tertiary/aromatic N) is 1. The molecule has 0 spiro atoms. The molecule has 4 atom stereocenters. The number of rotatable bonds is 2. The van der Waals surface area contributed by atoms with Crippen molar-refractivity contribution in [1.82, 2.24) is 0 Å². The van der Waals surface area contributed by atoms with Gasteiger partial charge < -0.3 is 9.47 Å². The van der Waals surface area contributed by atoms with Gasteiger partial charge in [-0.1, -0.05) is 12.2 Å². The number of ether oxygens (including phenoxy) is 2. The van der Waals surface area contributed by atoms with Crippen LogP contribution in [0.1, 0.15) is 6.92 Å². The molecule has 1 saturated heterocycles. The average Bonchev–Trinajstić information content (AvgIpc) is 2.64. The van der Waals surface area contributed by atoms with Crippen molar-refractivity contribution in [3.63, 3.8) is 0 Å². The quantitative estimate of drug-likeness (QED) is 0.570. The van der Waals surface area contributed by atoms with E-state index in [1.807, 2.05) is 19.1 Å². The lowest BCUT2D eigenvalue weighted by molar-refractivity contribution is 0.0137. The summed E-state index contributed by atoms with van der Waals surface area (Å²) in [4.78, 5) is 0. The first-order chi connectivity index (χ1) is 5.86. The van der Waals surface area contributed by atoms with Crippen LogP contribution in [0.5, 0.6) is 0 Å². The summed E-state index contributed by atoms with van der Waals surface area (Å²) in [6.07, 6.45) is 3.87. The first kappa shape index (κ1) is 7.78. The molecule has 0 saturated carbocycles. The Hall–Kier alpha value is -0.850. The van der Waals surface area contributed by atoms with Gasteiger partial charge in [0.25, 0.3) is 0 Å². The van der Waals surface area contributed by atoms with Crippen LogP contribution in [0.15, 0.2) is 12.2 Å². The van der Waals surface area contributed by atoms with Gasteiger partial charge in [0.05, 0.1) is 12.2 Å².